The van der Waals surface area contributed by atoms with E-state index >= 15 is 0 Å². The molecule has 0 aliphatic rings. The molecule has 0 saturated heterocycles. The summed E-state index contributed by atoms with van der Waals surface area (Å²) in [4.78, 5) is 25.0. The van der Waals surface area contributed by atoms with E-state index in [-0.39, 0.29) is 18.5 Å². The van der Waals surface area contributed by atoms with Gasteiger partial charge in [-0.1, -0.05) is 0 Å². The summed E-state index contributed by atoms with van der Waals surface area (Å²) in [7, 11) is -4.80. The van der Waals surface area contributed by atoms with Gasteiger partial charge < -0.3 is 9.64 Å². The van der Waals surface area contributed by atoms with E-state index in [9.17, 15) is 31.2 Å². The molecule has 0 aliphatic heterocycles. The third-order valence-electron chi connectivity index (χ3n) is 3.87. The summed E-state index contributed by atoms with van der Waals surface area (Å²) in [6.07, 6.45) is -0.0167. The molecule has 1 amide bonds. The lowest BCUT2D eigenvalue weighted by Gasteiger charge is -2.21. The Balaban J connectivity index is 2.07. The number of anilines is 1. The Bertz CT molecular complexity index is 1050. The summed E-state index contributed by atoms with van der Waals surface area (Å²) >= 11 is 0. The lowest BCUT2D eigenvalue weighted by Crippen LogP contribution is -2.35. The highest BCUT2D eigenvalue weighted by molar-refractivity contribution is 7.91. The molecule has 0 heterocycles. The first-order chi connectivity index (χ1) is 14.2. The molecule has 0 aliphatic carbocycles. The van der Waals surface area contributed by atoms with Gasteiger partial charge in [0, 0.05) is 12.2 Å². The van der Waals surface area contributed by atoms with E-state index in [1.165, 1.54) is 12.1 Å². The number of hydrogen-bond donors (Lipinski definition) is 0. The number of carbonyl (C=O) groups is 2. The summed E-state index contributed by atoms with van der Waals surface area (Å²) in [6, 6.07) is 10.4. The number of amides is 1. The maximum absolute atomic E-state index is 13.1. The normalized spacial score (nSPS) is 11.0. The van der Waals surface area contributed by atoms with Gasteiger partial charge in [0.15, 0.2) is 6.61 Å². The molecule has 0 bridgehead atoms. The van der Waals surface area contributed by atoms with E-state index < -0.39 is 44.8 Å². The fourth-order valence-electron chi connectivity index (χ4n) is 2.35. The molecule has 0 saturated carbocycles. The van der Waals surface area contributed by atoms with Crippen LogP contribution in [0.3, 0.4) is 0 Å². The predicted molar refractivity (Wildman–Crippen MR) is 98.9 cm³/mol. The number of benzene rings is 2. The zero-order chi connectivity index (χ0) is 22.3. The average Bonchev–Trinajstić information content (AvgIpc) is 2.73. The van der Waals surface area contributed by atoms with Crippen LogP contribution in [0, 0.1) is 17.1 Å². The average molecular weight is 440 g/mol. The van der Waals surface area contributed by atoms with Crippen LogP contribution in [-0.2, 0) is 19.4 Å². The van der Waals surface area contributed by atoms with Crippen LogP contribution >= 0.6 is 0 Å². The van der Waals surface area contributed by atoms with E-state index in [4.69, 9.17) is 10.00 Å². The number of hydrogen-bond acceptors (Lipinski definition) is 6. The van der Waals surface area contributed by atoms with Crippen LogP contribution in [0.25, 0.3) is 0 Å². The summed E-state index contributed by atoms with van der Waals surface area (Å²) in [5.74, 6) is -5.78. The van der Waals surface area contributed by atoms with Crippen LogP contribution < -0.4 is 4.90 Å². The second-order valence-corrected chi connectivity index (χ2v) is 7.75. The van der Waals surface area contributed by atoms with Crippen molar-refractivity contribution in [1.82, 2.24) is 0 Å². The third-order valence-corrected chi connectivity index (χ3v) is 5.26. The van der Waals surface area contributed by atoms with Gasteiger partial charge in [-0.2, -0.15) is 14.0 Å². The van der Waals surface area contributed by atoms with Crippen molar-refractivity contribution >= 4 is 27.4 Å². The molecule has 2 rings (SSSR count). The van der Waals surface area contributed by atoms with Crippen LogP contribution in [0.15, 0.2) is 53.4 Å². The van der Waals surface area contributed by atoms with Crippen LogP contribution in [0.2, 0.25) is 0 Å². The van der Waals surface area contributed by atoms with Gasteiger partial charge in [-0.25, -0.2) is 17.6 Å². The van der Waals surface area contributed by atoms with E-state index in [1.54, 1.807) is 0 Å². The lowest BCUT2D eigenvalue weighted by molar-refractivity contribution is -0.121. The van der Waals surface area contributed by atoms with Gasteiger partial charge in [0.2, 0.25) is 9.84 Å². The molecule has 0 unspecified atom stereocenters. The number of ether oxygens (including phenoxy) is 1. The first-order valence-electron chi connectivity index (χ1n) is 8.39. The molecule has 2 aromatic rings. The Labute approximate surface area is 170 Å². The number of alkyl halides is 2. The number of rotatable bonds is 8. The fraction of sp³-hybridized carbons (Fsp3) is 0.211. The van der Waals surface area contributed by atoms with Gasteiger partial charge in [-0.3, -0.25) is 4.79 Å². The van der Waals surface area contributed by atoms with Crippen LogP contribution in [0.4, 0.5) is 18.9 Å². The van der Waals surface area contributed by atoms with Gasteiger partial charge in [0.25, 0.3) is 5.91 Å². The van der Waals surface area contributed by atoms with Gasteiger partial charge in [-0.05, 0) is 48.5 Å². The minimum atomic E-state index is -4.80. The van der Waals surface area contributed by atoms with E-state index in [0.29, 0.717) is 5.69 Å². The minimum Gasteiger partial charge on any atom is -0.452 e. The predicted octanol–water partition coefficient (Wildman–Crippen LogP) is 2.93. The first kappa shape index (κ1) is 22.9. The van der Waals surface area contributed by atoms with Gasteiger partial charge >= 0.3 is 11.7 Å². The number of halogens is 3. The molecule has 158 valence electrons. The van der Waals surface area contributed by atoms with Crippen LogP contribution in [-0.4, -0.2) is 39.2 Å². The van der Waals surface area contributed by atoms with Crippen molar-refractivity contribution in [2.45, 2.75) is 17.1 Å². The molecule has 11 heteroatoms. The highest BCUT2D eigenvalue weighted by Gasteiger charge is 2.26. The second-order valence-electron chi connectivity index (χ2n) is 5.84. The van der Waals surface area contributed by atoms with Crippen molar-refractivity contribution < 1.29 is 35.9 Å². The van der Waals surface area contributed by atoms with E-state index in [2.05, 4.69) is 0 Å². The summed E-state index contributed by atoms with van der Waals surface area (Å²) in [5, 5.41) is 8.75. The van der Waals surface area contributed by atoms with Crippen molar-refractivity contribution in [2.75, 3.05) is 18.1 Å². The maximum atomic E-state index is 13.1. The summed E-state index contributed by atoms with van der Waals surface area (Å²) < 4.78 is 65.8. The van der Waals surface area contributed by atoms with Crippen LogP contribution in [0.5, 0.6) is 0 Å². The molecule has 30 heavy (non-hydrogen) atoms. The molecular formula is C19H15F3N2O5S. The van der Waals surface area contributed by atoms with Crippen molar-refractivity contribution in [1.29, 1.82) is 5.26 Å². The number of nitrogens with zero attached hydrogens (tertiary/aromatic N) is 2. The SMILES string of the molecule is N#CCCN(C(=O)COC(=O)c1ccc(S(=O)(=O)C(F)F)cc1)c1ccc(F)cc1. The van der Waals surface area contributed by atoms with E-state index in [0.717, 1.165) is 41.3 Å². The Morgan fingerprint density at radius 1 is 1.07 bits per heavy atom. The number of nitriles is 1. The Kier molecular flexibility index (Phi) is 7.54. The smallest absolute Gasteiger partial charge is 0.341 e. The monoisotopic (exact) mass is 440 g/mol. The van der Waals surface area contributed by atoms with Crippen molar-refractivity contribution in [3.05, 3.63) is 59.9 Å². The van der Waals surface area contributed by atoms with E-state index in [1.807, 2.05) is 6.07 Å². The first-order valence-corrected chi connectivity index (χ1v) is 9.93. The van der Waals surface area contributed by atoms with Crippen molar-refractivity contribution in [2.24, 2.45) is 0 Å². The Morgan fingerprint density at radius 3 is 2.20 bits per heavy atom. The van der Waals surface area contributed by atoms with Gasteiger partial charge in [-0.15, -0.1) is 0 Å². The molecule has 0 spiro atoms. The lowest BCUT2D eigenvalue weighted by atomic mass is 10.2. The zero-order valence-corrected chi connectivity index (χ0v) is 16.1. The largest absolute Gasteiger partial charge is 0.452 e. The molecule has 2 aromatic carbocycles. The minimum absolute atomic E-state index is 0.0152. The number of esters is 1. The summed E-state index contributed by atoms with van der Waals surface area (Å²) in [5.41, 5.74) is 0.149. The zero-order valence-electron chi connectivity index (χ0n) is 15.3. The van der Waals surface area contributed by atoms with Crippen molar-refractivity contribution in [3.63, 3.8) is 0 Å². The number of carbonyl (C=O) groups excluding carboxylic acids is 2. The molecular weight excluding hydrogens is 425 g/mol. The number of sulfone groups is 1. The highest BCUT2D eigenvalue weighted by atomic mass is 32.2. The Hall–Kier alpha value is -3.39. The van der Waals surface area contributed by atoms with Gasteiger partial charge in [0.05, 0.1) is 22.9 Å². The topological polar surface area (TPSA) is 105 Å². The standard InChI is InChI=1S/C19H15F3N2O5S/c20-14-4-6-15(7-5-14)24(11-1-10-23)17(25)12-29-18(26)13-2-8-16(9-3-13)30(27,28)19(21)22/h2-9,19H,1,11-12H2. The molecule has 0 aromatic heterocycles. The third kappa shape index (κ3) is 5.57. The van der Waals surface area contributed by atoms with Crippen molar-refractivity contribution in [3.8, 4) is 6.07 Å². The quantitative estimate of drug-likeness (QED) is 0.585. The summed E-state index contributed by atoms with van der Waals surface area (Å²) in [6.45, 7) is -0.725. The Morgan fingerprint density at radius 2 is 1.67 bits per heavy atom. The van der Waals surface area contributed by atoms with Crippen LogP contribution in [0.1, 0.15) is 16.8 Å². The highest BCUT2D eigenvalue weighted by Crippen LogP contribution is 2.19. The van der Waals surface area contributed by atoms with Gasteiger partial charge in [0.1, 0.15) is 5.82 Å². The molecule has 0 radical (unpaired) electrons. The molecule has 0 N–H and O–H groups in total. The maximum Gasteiger partial charge on any atom is 0.341 e. The molecule has 0 fully saturated rings. The second kappa shape index (κ2) is 9.89. The molecule has 0 atom stereocenters. The molecule has 7 nitrogen and oxygen atoms in total. The fourth-order valence-corrected chi connectivity index (χ4v) is 3.07.